The highest BCUT2D eigenvalue weighted by Gasteiger charge is 2.48. The fourth-order valence-corrected chi connectivity index (χ4v) is 5.00. The van der Waals surface area contributed by atoms with E-state index in [4.69, 9.17) is 28.1 Å². The van der Waals surface area contributed by atoms with Crippen LogP contribution in [0, 0.1) is 0 Å². The lowest BCUT2D eigenvalue weighted by atomic mass is 9.98. The van der Waals surface area contributed by atoms with Crippen molar-refractivity contribution >= 4 is 11.0 Å². The van der Waals surface area contributed by atoms with Crippen molar-refractivity contribution in [3.05, 3.63) is 40.6 Å². The first-order valence-corrected chi connectivity index (χ1v) is 13.5. The first-order valence-electron chi connectivity index (χ1n) is 13.5. The molecule has 2 aliphatic rings. The molecule has 17 heteroatoms. The summed E-state index contributed by atoms with van der Waals surface area (Å²) >= 11 is 0. The van der Waals surface area contributed by atoms with Crippen LogP contribution in [0.25, 0.3) is 22.3 Å². The lowest BCUT2D eigenvalue weighted by Gasteiger charge is -2.42. The van der Waals surface area contributed by atoms with Gasteiger partial charge >= 0.3 is 0 Å². The van der Waals surface area contributed by atoms with Crippen molar-refractivity contribution in [3.8, 4) is 40.1 Å². The van der Waals surface area contributed by atoms with E-state index in [0.29, 0.717) is 0 Å². The van der Waals surface area contributed by atoms with Crippen LogP contribution in [0.2, 0.25) is 0 Å². The minimum Gasteiger partial charge on any atom is -0.507 e. The Hall–Kier alpha value is -3.75. The first kappa shape index (κ1) is 32.6. The number of aliphatic hydroxyl groups excluding tert-OH is 7. The molecule has 3 heterocycles. The Labute approximate surface area is 252 Å². The van der Waals surface area contributed by atoms with Crippen LogP contribution in [0.5, 0.6) is 28.7 Å². The molecule has 0 bridgehead atoms. The second-order valence-electron chi connectivity index (χ2n) is 10.5. The Morgan fingerprint density at radius 1 is 0.756 bits per heavy atom. The second-order valence-corrected chi connectivity index (χ2v) is 10.5. The predicted molar refractivity (Wildman–Crippen MR) is 146 cm³/mol. The number of phenols is 3. The molecule has 17 nitrogen and oxygen atoms in total. The molecular weight excluding hydrogens is 608 g/mol. The van der Waals surface area contributed by atoms with Gasteiger partial charge in [0.15, 0.2) is 23.5 Å². The van der Waals surface area contributed by atoms with Crippen molar-refractivity contribution < 1.29 is 79.2 Å². The van der Waals surface area contributed by atoms with Crippen LogP contribution in [-0.2, 0) is 14.2 Å². The number of fused-ring (bicyclic) bond motifs is 1. The number of ether oxygens (including phenoxy) is 5. The summed E-state index contributed by atoms with van der Waals surface area (Å²) in [4.78, 5) is 13.7. The molecule has 0 aliphatic carbocycles. The van der Waals surface area contributed by atoms with Gasteiger partial charge in [-0.3, -0.25) is 4.79 Å². The summed E-state index contributed by atoms with van der Waals surface area (Å²) in [5.74, 6) is -2.55. The Morgan fingerprint density at radius 2 is 1.40 bits per heavy atom. The molecule has 2 saturated heterocycles. The van der Waals surface area contributed by atoms with Gasteiger partial charge in [-0.05, 0) is 18.2 Å². The standard InChI is InChI=1S/C28H32O17/c1-40-10-5-13(32)17-14(6-10)42-25(9-2-3-11(30)12(31)4-9)26(20(17)35)45-28-24(39)22(37)19(34)16(44-28)8-41-27-23(38)21(36)18(33)15(7-29)43-27/h2-6,15-16,18-19,21-24,27-34,36-39H,7-8H2,1H3/t15-,16-,18-,19-,21+,22+,23-,24-,27-,28+/m1/s1. The molecule has 45 heavy (non-hydrogen) atoms. The van der Waals surface area contributed by atoms with E-state index in [9.17, 15) is 55.9 Å². The number of rotatable bonds is 8. The van der Waals surface area contributed by atoms with Gasteiger partial charge in [0.1, 0.15) is 71.3 Å². The SMILES string of the molecule is COc1cc(O)c2c(=O)c(O[C@@H]3O[C@H](CO[C@@H]4O[C@H](CO)[C@@H](O)[C@H](O)[C@H]4O)[C@@H](O)[C@H](O)[C@H]3O)c(-c3ccc(O)c(O)c3)oc2c1. The average Bonchev–Trinajstić information content (AvgIpc) is 3.02. The van der Waals surface area contributed by atoms with E-state index in [0.717, 1.165) is 18.2 Å². The third-order valence-electron chi connectivity index (χ3n) is 7.56. The smallest absolute Gasteiger partial charge is 0.239 e. The zero-order chi connectivity index (χ0) is 32.7. The molecule has 0 unspecified atom stereocenters. The quantitative estimate of drug-likeness (QED) is 0.115. The van der Waals surface area contributed by atoms with Crippen LogP contribution in [0.1, 0.15) is 0 Å². The van der Waals surface area contributed by atoms with Gasteiger partial charge in [0, 0.05) is 17.7 Å². The van der Waals surface area contributed by atoms with E-state index in [-0.39, 0.29) is 28.0 Å². The summed E-state index contributed by atoms with van der Waals surface area (Å²) in [7, 11) is 1.31. The Balaban J connectivity index is 1.48. The summed E-state index contributed by atoms with van der Waals surface area (Å²) in [6.45, 7) is -1.40. The van der Waals surface area contributed by atoms with E-state index in [1.165, 1.54) is 19.2 Å². The van der Waals surface area contributed by atoms with Gasteiger partial charge in [0.05, 0.1) is 20.3 Å². The van der Waals surface area contributed by atoms with Crippen LogP contribution < -0.4 is 14.9 Å². The molecular formula is C28H32O17. The van der Waals surface area contributed by atoms with Gasteiger partial charge in [-0.15, -0.1) is 0 Å². The van der Waals surface area contributed by atoms with E-state index >= 15 is 0 Å². The van der Waals surface area contributed by atoms with E-state index in [1.807, 2.05) is 0 Å². The van der Waals surface area contributed by atoms with Crippen LogP contribution in [-0.4, -0.2) is 133 Å². The molecule has 3 aromatic rings. The highest BCUT2D eigenvalue weighted by molar-refractivity contribution is 5.88. The molecule has 0 amide bonds. The fourth-order valence-electron chi connectivity index (χ4n) is 5.00. The fraction of sp³-hybridized carbons (Fsp3) is 0.464. The van der Waals surface area contributed by atoms with E-state index < -0.39 is 103 Å². The van der Waals surface area contributed by atoms with Gasteiger partial charge in [-0.25, -0.2) is 0 Å². The number of phenolic OH excluding ortho intramolecular Hbond substituents is 3. The highest BCUT2D eigenvalue weighted by atomic mass is 16.7. The second kappa shape index (κ2) is 12.9. The Kier molecular flexibility index (Phi) is 9.38. The molecule has 0 spiro atoms. The average molecular weight is 641 g/mol. The molecule has 1 aromatic heterocycles. The first-order chi connectivity index (χ1) is 21.4. The van der Waals surface area contributed by atoms with Crippen molar-refractivity contribution in [2.75, 3.05) is 20.3 Å². The van der Waals surface area contributed by atoms with Crippen molar-refractivity contribution in [2.45, 2.75) is 61.4 Å². The van der Waals surface area contributed by atoms with Crippen LogP contribution in [0.15, 0.2) is 39.5 Å². The molecule has 0 saturated carbocycles. The minimum absolute atomic E-state index is 0.00464. The zero-order valence-corrected chi connectivity index (χ0v) is 23.4. The van der Waals surface area contributed by atoms with Crippen molar-refractivity contribution in [1.29, 1.82) is 0 Å². The van der Waals surface area contributed by atoms with Crippen molar-refractivity contribution in [1.82, 2.24) is 0 Å². The number of hydrogen-bond donors (Lipinski definition) is 10. The number of hydrogen-bond acceptors (Lipinski definition) is 17. The number of benzene rings is 2. The van der Waals surface area contributed by atoms with Crippen LogP contribution >= 0.6 is 0 Å². The maximum absolute atomic E-state index is 13.7. The topological polar surface area (TPSA) is 279 Å². The molecule has 2 aliphatic heterocycles. The highest BCUT2D eigenvalue weighted by Crippen LogP contribution is 2.39. The monoisotopic (exact) mass is 640 g/mol. The van der Waals surface area contributed by atoms with Gasteiger partial charge < -0.3 is 79.2 Å². The lowest BCUT2D eigenvalue weighted by Crippen LogP contribution is -2.62. The van der Waals surface area contributed by atoms with Crippen LogP contribution in [0.4, 0.5) is 0 Å². The molecule has 2 fully saturated rings. The zero-order valence-electron chi connectivity index (χ0n) is 23.4. The van der Waals surface area contributed by atoms with E-state index in [2.05, 4.69) is 0 Å². The summed E-state index contributed by atoms with van der Waals surface area (Å²) in [5.41, 5.74) is -1.15. The number of aliphatic hydroxyl groups is 7. The Morgan fingerprint density at radius 3 is 2.04 bits per heavy atom. The van der Waals surface area contributed by atoms with Crippen molar-refractivity contribution in [3.63, 3.8) is 0 Å². The van der Waals surface area contributed by atoms with Crippen molar-refractivity contribution in [2.24, 2.45) is 0 Å². The van der Waals surface area contributed by atoms with Gasteiger partial charge in [-0.1, -0.05) is 0 Å². The molecule has 5 rings (SSSR count). The molecule has 246 valence electrons. The number of aromatic hydroxyl groups is 3. The Bertz CT molecular complexity index is 1570. The molecule has 0 radical (unpaired) electrons. The predicted octanol–water partition coefficient (Wildman–Crippen LogP) is -2.41. The molecule has 10 N–H and O–H groups in total. The molecule has 10 atom stereocenters. The maximum atomic E-state index is 13.7. The normalized spacial score (nSPS) is 32.0. The molecule has 2 aromatic carbocycles. The third kappa shape index (κ3) is 6.10. The summed E-state index contributed by atoms with van der Waals surface area (Å²) in [5, 5.41) is 102. The minimum atomic E-state index is -1.98. The van der Waals surface area contributed by atoms with E-state index in [1.54, 1.807) is 0 Å². The van der Waals surface area contributed by atoms with Gasteiger partial charge in [-0.2, -0.15) is 0 Å². The maximum Gasteiger partial charge on any atom is 0.239 e. The van der Waals surface area contributed by atoms with Gasteiger partial charge in [0.2, 0.25) is 17.5 Å². The number of methoxy groups -OCH3 is 1. The lowest BCUT2D eigenvalue weighted by molar-refractivity contribution is -0.323. The van der Waals surface area contributed by atoms with Crippen LogP contribution in [0.3, 0.4) is 0 Å². The largest absolute Gasteiger partial charge is 0.507 e. The van der Waals surface area contributed by atoms with Gasteiger partial charge in [0.25, 0.3) is 0 Å². The summed E-state index contributed by atoms with van der Waals surface area (Å²) < 4.78 is 33.0. The summed E-state index contributed by atoms with van der Waals surface area (Å²) in [6, 6.07) is 5.83. The summed E-state index contributed by atoms with van der Waals surface area (Å²) in [6.07, 6.45) is -17.3. The third-order valence-corrected chi connectivity index (χ3v) is 7.56.